The molecule has 9 heteroatoms. The maximum absolute atomic E-state index is 4.61. The average Bonchev–Trinajstić information content (AvgIpc) is 2.90. The summed E-state index contributed by atoms with van der Waals surface area (Å²) in [5.74, 6) is 1.96. The first-order valence-electron chi connectivity index (χ1n) is 11.4. The van der Waals surface area contributed by atoms with E-state index >= 15 is 0 Å². The van der Waals surface area contributed by atoms with Crippen molar-refractivity contribution in [2.24, 2.45) is 0 Å². The summed E-state index contributed by atoms with van der Waals surface area (Å²) in [6.07, 6.45) is 6.24. The lowest BCUT2D eigenvalue weighted by atomic mass is 10.1. The Kier molecular flexibility index (Phi) is 6.42. The van der Waals surface area contributed by atoms with Gasteiger partial charge in [0, 0.05) is 63.4 Å². The summed E-state index contributed by atoms with van der Waals surface area (Å²) in [4.78, 5) is 26.8. The molecule has 34 heavy (non-hydrogen) atoms. The standard InChI is InChI=1S/C25H27N9/c1-26-21-7-9-22(10-8-21)31-23-29-18-30-25(32-23)34-13-11-33(12-14-34)24-27-16-20(17-28-24)15-19-5-3-2-4-6-19/h2-10,16-18,26H,11-15H2,1H3,(H,29,30,31,32). The fourth-order valence-electron chi connectivity index (χ4n) is 3.89. The maximum Gasteiger partial charge on any atom is 0.231 e. The molecule has 0 saturated carbocycles. The van der Waals surface area contributed by atoms with Crippen molar-refractivity contribution in [2.45, 2.75) is 6.42 Å². The quantitative estimate of drug-likeness (QED) is 0.437. The van der Waals surface area contributed by atoms with Crippen LogP contribution in [0.5, 0.6) is 0 Å². The van der Waals surface area contributed by atoms with E-state index in [0.717, 1.165) is 55.5 Å². The lowest BCUT2D eigenvalue weighted by molar-refractivity contribution is 0.626. The Morgan fingerprint density at radius 1 is 0.706 bits per heavy atom. The molecular formula is C25H27N9. The fourth-order valence-corrected chi connectivity index (χ4v) is 3.89. The third-order valence-corrected chi connectivity index (χ3v) is 5.78. The summed E-state index contributed by atoms with van der Waals surface area (Å²) >= 11 is 0. The first-order valence-corrected chi connectivity index (χ1v) is 11.4. The monoisotopic (exact) mass is 453 g/mol. The van der Waals surface area contributed by atoms with Gasteiger partial charge in [0.15, 0.2) is 0 Å². The Morgan fingerprint density at radius 2 is 1.35 bits per heavy atom. The van der Waals surface area contributed by atoms with Gasteiger partial charge in [0.1, 0.15) is 6.33 Å². The van der Waals surface area contributed by atoms with Gasteiger partial charge in [0.2, 0.25) is 17.8 Å². The van der Waals surface area contributed by atoms with Gasteiger partial charge < -0.3 is 20.4 Å². The molecule has 0 radical (unpaired) electrons. The van der Waals surface area contributed by atoms with Crippen LogP contribution in [0.25, 0.3) is 0 Å². The molecule has 0 unspecified atom stereocenters. The zero-order valence-electron chi connectivity index (χ0n) is 19.1. The van der Waals surface area contributed by atoms with Crippen molar-refractivity contribution in [1.29, 1.82) is 0 Å². The second-order valence-electron chi connectivity index (χ2n) is 8.09. The third-order valence-electron chi connectivity index (χ3n) is 5.78. The molecule has 0 amide bonds. The molecule has 172 valence electrons. The molecule has 4 aromatic rings. The molecule has 1 aliphatic rings. The van der Waals surface area contributed by atoms with Gasteiger partial charge in [-0.05, 0) is 35.4 Å². The van der Waals surface area contributed by atoms with Crippen molar-refractivity contribution in [2.75, 3.05) is 53.7 Å². The van der Waals surface area contributed by atoms with E-state index in [4.69, 9.17) is 0 Å². The highest BCUT2D eigenvalue weighted by atomic mass is 15.4. The highest BCUT2D eigenvalue weighted by Gasteiger charge is 2.21. The number of hydrogen-bond acceptors (Lipinski definition) is 9. The first kappa shape index (κ1) is 21.6. The normalized spacial score (nSPS) is 13.6. The van der Waals surface area contributed by atoms with Crippen molar-refractivity contribution in [1.82, 2.24) is 24.9 Å². The summed E-state index contributed by atoms with van der Waals surface area (Å²) in [5, 5.41) is 6.35. The van der Waals surface area contributed by atoms with Crippen LogP contribution in [0.15, 0.2) is 73.3 Å². The van der Waals surface area contributed by atoms with E-state index in [1.807, 2.05) is 49.8 Å². The zero-order chi connectivity index (χ0) is 23.2. The van der Waals surface area contributed by atoms with Crippen LogP contribution in [0.1, 0.15) is 11.1 Å². The van der Waals surface area contributed by atoms with Crippen molar-refractivity contribution < 1.29 is 0 Å². The summed E-state index contributed by atoms with van der Waals surface area (Å²) in [6, 6.07) is 18.3. The van der Waals surface area contributed by atoms with E-state index < -0.39 is 0 Å². The highest BCUT2D eigenvalue weighted by Crippen LogP contribution is 2.19. The summed E-state index contributed by atoms with van der Waals surface area (Å²) in [5.41, 5.74) is 4.34. The van der Waals surface area contributed by atoms with Crippen molar-refractivity contribution in [3.8, 4) is 0 Å². The van der Waals surface area contributed by atoms with Crippen LogP contribution in [0.2, 0.25) is 0 Å². The Bertz CT molecular complexity index is 1190. The van der Waals surface area contributed by atoms with Gasteiger partial charge >= 0.3 is 0 Å². The van der Waals surface area contributed by atoms with E-state index in [1.165, 1.54) is 5.56 Å². The van der Waals surface area contributed by atoms with Gasteiger partial charge in [-0.2, -0.15) is 4.98 Å². The Morgan fingerprint density at radius 3 is 2.03 bits per heavy atom. The number of benzene rings is 2. The number of hydrogen-bond donors (Lipinski definition) is 2. The number of aromatic nitrogens is 5. The van der Waals surface area contributed by atoms with Crippen molar-refractivity contribution >= 4 is 29.2 Å². The van der Waals surface area contributed by atoms with E-state index in [1.54, 1.807) is 6.33 Å². The molecule has 0 atom stereocenters. The van der Waals surface area contributed by atoms with Crippen LogP contribution in [0, 0.1) is 0 Å². The minimum absolute atomic E-state index is 0.530. The van der Waals surface area contributed by atoms with E-state index in [9.17, 15) is 0 Å². The Hall–Kier alpha value is -4.27. The average molecular weight is 454 g/mol. The van der Waals surface area contributed by atoms with E-state index in [2.05, 4.69) is 69.6 Å². The molecule has 9 nitrogen and oxygen atoms in total. The van der Waals surface area contributed by atoms with Crippen LogP contribution in [-0.4, -0.2) is 58.1 Å². The molecule has 1 aliphatic heterocycles. The second kappa shape index (κ2) is 10.1. The predicted molar refractivity (Wildman–Crippen MR) is 135 cm³/mol. The largest absolute Gasteiger partial charge is 0.388 e. The smallest absolute Gasteiger partial charge is 0.231 e. The SMILES string of the molecule is CNc1ccc(Nc2ncnc(N3CCN(c4ncc(Cc5ccccc5)cn4)CC3)n2)cc1. The van der Waals surface area contributed by atoms with E-state index in [0.29, 0.717) is 11.9 Å². The van der Waals surface area contributed by atoms with Gasteiger partial charge in [0.25, 0.3) is 0 Å². The molecule has 2 N–H and O–H groups in total. The molecule has 0 bridgehead atoms. The molecule has 3 heterocycles. The van der Waals surface area contributed by atoms with Crippen molar-refractivity contribution in [3.05, 3.63) is 84.4 Å². The van der Waals surface area contributed by atoms with Crippen LogP contribution in [0.4, 0.5) is 29.2 Å². The Labute approximate surface area is 199 Å². The summed E-state index contributed by atoms with van der Waals surface area (Å²) < 4.78 is 0. The first-order chi connectivity index (χ1) is 16.8. The molecule has 0 aliphatic carbocycles. The van der Waals surface area contributed by atoms with Gasteiger partial charge in [-0.15, -0.1) is 0 Å². The van der Waals surface area contributed by atoms with Gasteiger partial charge in [-0.25, -0.2) is 19.9 Å². The highest BCUT2D eigenvalue weighted by molar-refractivity contribution is 5.58. The topological polar surface area (TPSA) is 95.0 Å². The number of rotatable bonds is 7. The predicted octanol–water partition coefficient (Wildman–Crippen LogP) is 3.36. The number of anilines is 5. The summed E-state index contributed by atoms with van der Waals surface area (Å²) in [6.45, 7) is 3.18. The Balaban J connectivity index is 1.17. The minimum Gasteiger partial charge on any atom is -0.388 e. The fraction of sp³-hybridized carbons (Fsp3) is 0.240. The van der Waals surface area contributed by atoms with Crippen molar-refractivity contribution in [3.63, 3.8) is 0 Å². The molecule has 1 fully saturated rings. The van der Waals surface area contributed by atoms with Gasteiger partial charge in [-0.3, -0.25) is 0 Å². The van der Waals surface area contributed by atoms with Crippen LogP contribution in [0.3, 0.4) is 0 Å². The maximum atomic E-state index is 4.61. The molecule has 2 aromatic heterocycles. The van der Waals surface area contributed by atoms with Crippen LogP contribution >= 0.6 is 0 Å². The zero-order valence-corrected chi connectivity index (χ0v) is 19.1. The molecule has 0 spiro atoms. The molecule has 5 rings (SSSR count). The van der Waals surface area contributed by atoms with Gasteiger partial charge in [-0.1, -0.05) is 30.3 Å². The van der Waals surface area contributed by atoms with Crippen LogP contribution in [-0.2, 0) is 6.42 Å². The summed E-state index contributed by atoms with van der Waals surface area (Å²) in [7, 11) is 1.90. The molecule has 1 saturated heterocycles. The lowest BCUT2D eigenvalue weighted by Gasteiger charge is -2.34. The lowest BCUT2D eigenvalue weighted by Crippen LogP contribution is -2.47. The molecular weight excluding hydrogens is 426 g/mol. The van der Waals surface area contributed by atoms with Crippen LogP contribution < -0.4 is 20.4 Å². The second-order valence-corrected chi connectivity index (χ2v) is 8.09. The number of nitrogens with zero attached hydrogens (tertiary/aromatic N) is 7. The third kappa shape index (κ3) is 5.20. The number of piperazine rings is 1. The number of nitrogens with one attached hydrogen (secondary N) is 2. The van der Waals surface area contributed by atoms with E-state index in [-0.39, 0.29) is 0 Å². The molecule has 2 aromatic carbocycles. The van der Waals surface area contributed by atoms with Gasteiger partial charge in [0.05, 0.1) is 0 Å². The minimum atomic E-state index is 0.530.